The summed E-state index contributed by atoms with van der Waals surface area (Å²) in [5.74, 6) is 0.704. The van der Waals surface area contributed by atoms with E-state index in [0.29, 0.717) is 5.88 Å². The zero-order chi connectivity index (χ0) is 7.40. The van der Waals surface area contributed by atoms with E-state index in [1.165, 1.54) is 0 Å². The van der Waals surface area contributed by atoms with Crippen LogP contribution in [-0.2, 0) is 0 Å². The van der Waals surface area contributed by atoms with Gasteiger partial charge in [-0.1, -0.05) is 0 Å². The molecule has 0 saturated carbocycles. The number of hydrogen-bond donors (Lipinski definition) is 0. The van der Waals surface area contributed by atoms with Crippen LogP contribution in [0.15, 0.2) is 23.2 Å². The van der Waals surface area contributed by atoms with E-state index >= 15 is 0 Å². The van der Waals surface area contributed by atoms with E-state index in [2.05, 4.69) is 4.98 Å². The number of aromatic nitrogens is 1. The van der Waals surface area contributed by atoms with Gasteiger partial charge in [0.2, 0.25) is 5.88 Å². The molecule has 0 unspecified atom stereocenters. The Labute approximate surface area is 64.6 Å². The van der Waals surface area contributed by atoms with Crippen molar-refractivity contribution in [3.05, 3.63) is 18.3 Å². The van der Waals surface area contributed by atoms with Crippen molar-refractivity contribution < 1.29 is 4.74 Å². The highest BCUT2D eigenvalue weighted by Gasteiger charge is 1.98. The first-order valence-electron chi connectivity index (χ1n) is 2.91. The molecular formula is C7H9NOS. The summed E-state index contributed by atoms with van der Waals surface area (Å²) in [4.78, 5) is 5.10. The molecule has 0 aromatic carbocycles. The molecule has 0 saturated heterocycles. The number of ether oxygens (including phenoxy) is 1. The first-order valence-corrected chi connectivity index (χ1v) is 4.14. The Balaban J connectivity index is 2.96. The van der Waals surface area contributed by atoms with E-state index in [0.717, 1.165) is 4.90 Å². The van der Waals surface area contributed by atoms with Crippen LogP contribution in [0, 0.1) is 0 Å². The molecule has 1 heterocycles. The van der Waals surface area contributed by atoms with Gasteiger partial charge in [0.05, 0.1) is 12.0 Å². The van der Waals surface area contributed by atoms with Gasteiger partial charge in [0.15, 0.2) is 0 Å². The van der Waals surface area contributed by atoms with Crippen LogP contribution in [-0.4, -0.2) is 18.3 Å². The van der Waals surface area contributed by atoms with Gasteiger partial charge in [-0.05, 0) is 18.4 Å². The van der Waals surface area contributed by atoms with Crippen molar-refractivity contribution in [2.75, 3.05) is 13.4 Å². The fourth-order valence-corrected chi connectivity index (χ4v) is 1.21. The average molecular weight is 155 g/mol. The fraction of sp³-hybridized carbons (Fsp3) is 0.286. The van der Waals surface area contributed by atoms with Crippen LogP contribution in [0.5, 0.6) is 5.88 Å². The number of pyridine rings is 1. The van der Waals surface area contributed by atoms with Gasteiger partial charge in [0.25, 0.3) is 0 Å². The highest BCUT2D eigenvalue weighted by atomic mass is 32.2. The van der Waals surface area contributed by atoms with Gasteiger partial charge in [-0.15, -0.1) is 11.8 Å². The minimum absolute atomic E-state index is 0.704. The molecule has 10 heavy (non-hydrogen) atoms. The molecule has 1 aromatic heterocycles. The lowest BCUT2D eigenvalue weighted by atomic mass is 10.5. The Morgan fingerprint density at radius 2 is 2.40 bits per heavy atom. The van der Waals surface area contributed by atoms with Gasteiger partial charge in [-0.25, -0.2) is 4.98 Å². The van der Waals surface area contributed by atoms with Gasteiger partial charge >= 0.3 is 0 Å². The van der Waals surface area contributed by atoms with E-state index in [9.17, 15) is 0 Å². The summed E-state index contributed by atoms with van der Waals surface area (Å²) in [6, 6.07) is 3.88. The molecule has 0 aliphatic rings. The number of hydrogen-bond acceptors (Lipinski definition) is 3. The Kier molecular flexibility index (Phi) is 2.57. The number of methoxy groups -OCH3 is 1. The van der Waals surface area contributed by atoms with Crippen molar-refractivity contribution in [2.24, 2.45) is 0 Å². The Bertz CT molecular complexity index is 192. The van der Waals surface area contributed by atoms with Crippen LogP contribution in [0.3, 0.4) is 0 Å². The summed E-state index contributed by atoms with van der Waals surface area (Å²) in [7, 11) is 1.63. The zero-order valence-electron chi connectivity index (χ0n) is 6.00. The van der Waals surface area contributed by atoms with Crippen LogP contribution in [0.25, 0.3) is 0 Å². The molecule has 0 spiro atoms. The molecular weight excluding hydrogens is 146 g/mol. The second kappa shape index (κ2) is 3.46. The van der Waals surface area contributed by atoms with Crippen molar-refractivity contribution in [2.45, 2.75) is 4.90 Å². The predicted molar refractivity (Wildman–Crippen MR) is 42.6 cm³/mol. The lowest BCUT2D eigenvalue weighted by Crippen LogP contribution is -1.87. The average Bonchev–Trinajstić information content (AvgIpc) is 2.04. The third-order valence-corrected chi connectivity index (χ3v) is 1.90. The number of nitrogens with zero attached hydrogens (tertiary/aromatic N) is 1. The van der Waals surface area contributed by atoms with Crippen LogP contribution >= 0.6 is 11.8 Å². The van der Waals surface area contributed by atoms with Crippen molar-refractivity contribution >= 4 is 11.8 Å². The first-order chi connectivity index (χ1) is 4.88. The summed E-state index contributed by atoms with van der Waals surface area (Å²) in [6.07, 6.45) is 3.72. The van der Waals surface area contributed by atoms with Crippen LogP contribution in [0.2, 0.25) is 0 Å². The Morgan fingerprint density at radius 3 is 2.90 bits per heavy atom. The molecule has 0 fully saturated rings. The van der Waals surface area contributed by atoms with Gasteiger partial charge in [0.1, 0.15) is 0 Å². The standard InChI is InChI=1S/C7H9NOS/c1-9-7-6(10-2)4-3-5-8-7/h3-5H,1-2H3. The van der Waals surface area contributed by atoms with Gasteiger partial charge in [0, 0.05) is 6.20 Å². The summed E-state index contributed by atoms with van der Waals surface area (Å²) in [5.41, 5.74) is 0. The van der Waals surface area contributed by atoms with E-state index in [-0.39, 0.29) is 0 Å². The van der Waals surface area contributed by atoms with Crippen LogP contribution < -0.4 is 4.74 Å². The summed E-state index contributed by atoms with van der Waals surface area (Å²) in [6.45, 7) is 0. The molecule has 0 radical (unpaired) electrons. The SMILES string of the molecule is COc1ncccc1SC. The second-order valence-corrected chi connectivity index (χ2v) is 2.56. The van der Waals surface area contributed by atoms with Crippen LogP contribution in [0.1, 0.15) is 0 Å². The Hall–Kier alpha value is -0.700. The quantitative estimate of drug-likeness (QED) is 0.608. The number of rotatable bonds is 2. The molecule has 0 bridgehead atoms. The summed E-state index contributed by atoms with van der Waals surface area (Å²) < 4.78 is 5.00. The topological polar surface area (TPSA) is 22.1 Å². The molecule has 0 amide bonds. The van der Waals surface area contributed by atoms with E-state index in [1.54, 1.807) is 25.1 Å². The van der Waals surface area contributed by atoms with Gasteiger partial charge in [-0.3, -0.25) is 0 Å². The van der Waals surface area contributed by atoms with Crippen molar-refractivity contribution in [1.29, 1.82) is 0 Å². The maximum absolute atomic E-state index is 5.00. The highest BCUT2D eigenvalue weighted by Crippen LogP contribution is 2.23. The van der Waals surface area contributed by atoms with Gasteiger partial charge < -0.3 is 4.74 Å². The number of thioether (sulfide) groups is 1. The monoisotopic (exact) mass is 155 g/mol. The molecule has 1 rings (SSSR count). The smallest absolute Gasteiger partial charge is 0.227 e. The predicted octanol–water partition coefficient (Wildman–Crippen LogP) is 1.81. The normalized spacial score (nSPS) is 9.40. The molecule has 0 atom stereocenters. The molecule has 3 heteroatoms. The second-order valence-electron chi connectivity index (χ2n) is 1.71. The van der Waals surface area contributed by atoms with Crippen molar-refractivity contribution in [1.82, 2.24) is 4.98 Å². The largest absolute Gasteiger partial charge is 0.480 e. The molecule has 0 N–H and O–H groups in total. The molecule has 2 nitrogen and oxygen atoms in total. The van der Waals surface area contributed by atoms with Crippen LogP contribution in [0.4, 0.5) is 0 Å². The Morgan fingerprint density at radius 1 is 1.60 bits per heavy atom. The van der Waals surface area contributed by atoms with Crippen molar-refractivity contribution in [3.8, 4) is 5.88 Å². The molecule has 54 valence electrons. The van der Waals surface area contributed by atoms with E-state index < -0.39 is 0 Å². The lowest BCUT2D eigenvalue weighted by molar-refractivity contribution is 0.387. The van der Waals surface area contributed by atoms with E-state index in [1.807, 2.05) is 18.4 Å². The summed E-state index contributed by atoms with van der Waals surface area (Å²) >= 11 is 1.63. The third kappa shape index (κ3) is 1.42. The maximum atomic E-state index is 5.00. The fourth-order valence-electron chi connectivity index (χ4n) is 0.685. The van der Waals surface area contributed by atoms with Gasteiger partial charge in [-0.2, -0.15) is 0 Å². The summed E-state index contributed by atoms with van der Waals surface area (Å²) in [5, 5.41) is 0. The highest BCUT2D eigenvalue weighted by molar-refractivity contribution is 7.98. The minimum Gasteiger partial charge on any atom is -0.480 e. The zero-order valence-corrected chi connectivity index (χ0v) is 6.81. The lowest BCUT2D eigenvalue weighted by Gasteiger charge is -2.01. The minimum atomic E-state index is 0.704. The van der Waals surface area contributed by atoms with Crippen molar-refractivity contribution in [3.63, 3.8) is 0 Å². The molecule has 0 aliphatic heterocycles. The molecule has 1 aromatic rings. The third-order valence-electron chi connectivity index (χ3n) is 1.15. The maximum Gasteiger partial charge on any atom is 0.227 e. The van der Waals surface area contributed by atoms with E-state index in [4.69, 9.17) is 4.74 Å². The first kappa shape index (κ1) is 7.41. The molecule has 0 aliphatic carbocycles.